The van der Waals surface area contributed by atoms with Crippen molar-refractivity contribution < 1.29 is 18.7 Å². The van der Waals surface area contributed by atoms with Crippen LogP contribution in [0, 0.1) is 18.3 Å². The number of carbonyl (C=O) groups is 1. The number of aliphatic hydroxyl groups is 1. The zero-order chi connectivity index (χ0) is 25.7. The first kappa shape index (κ1) is 31.4. The fourth-order valence-electron chi connectivity index (χ4n) is 3.13. The van der Waals surface area contributed by atoms with Crippen molar-refractivity contribution in [2.24, 2.45) is 16.3 Å². The molecule has 1 saturated carbocycles. The van der Waals surface area contributed by atoms with Crippen LogP contribution in [-0.2, 0) is 10.4 Å². The van der Waals surface area contributed by atoms with E-state index in [0.717, 1.165) is 41.3 Å². The third-order valence-electron chi connectivity index (χ3n) is 5.88. The van der Waals surface area contributed by atoms with E-state index in [-0.39, 0.29) is 12.2 Å². The van der Waals surface area contributed by atoms with Crippen molar-refractivity contribution in [3.05, 3.63) is 29.3 Å². The summed E-state index contributed by atoms with van der Waals surface area (Å²) in [7, 11) is 0. The van der Waals surface area contributed by atoms with Crippen LogP contribution in [0.25, 0.3) is 0 Å². The Labute approximate surface area is 201 Å². The monoisotopic (exact) mass is 467 g/mol. The van der Waals surface area contributed by atoms with Gasteiger partial charge in [-0.15, -0.1) is 0 Å². The zero-order valence-electron chi connectivity index (χ0n) is 22.2. The van der Waals surface area contributed by atoms with Crippen LogP contribution in [0.3, 0.4) is 0 Å². The van der Waals surface area contributed by atoms with E-state index in [1.165, 1.54) is 26.2 Å². The van der Waals surface area contributed by atoms with Crippen molar-refractivity contribution in [1.82, 2.24) is 0 Å². The summed E-state index contributed by atoms with van der Waals surface area (Å²) in [4.78, 5) is 15.4. The average Bonchev–Trinajstić information content (AvgIpc) is 2.73. The van der Waals surface area contributed by atoms with Crippen molar-refractivity contribution in [3.63, 3.8) is 0 Å². The maximum atomic E-state index is 12.1. The number of halogens is 2. The summed E-state index contributed by atoms with van der Waals surface area (Å²) in [6, 6.07) is 5.95. The molecule has 2 rings (SSSR count). The standard InChI is InChI=1S/C15H23NO.C8H14F2O.C5H10/c1-6-7-12(3)16-14-9-8-13(10-11(14)2)15(4,5)17;1-3-7(11)4-8(2,5-9)6-10;1-5-3-2-4-5/h8-10,17H,6-7H2,1-5H3;3-6H2,1-2H3;5H,2-4H2,1H3. The fraction of sp³-hybridized carbons (Fsp3) is 0.714. The van der Waals surface area contributed by atoms with Crippen LogP contribution in [0.4, 0.5) is 14.5 Å². The Bertz CT molecular complexity index is 730. The summed E-state index contributed by atoms with van der Waals surface area (Å²) in [5.41, 5.74) is 2.34. The minimum absolute atomic E-state index is 0.0104. The number of alkyl halides is 2. The van der Waals surface area contributed by atoms with E-state index in [0.29, 0.717) is 6.42 Å². The predicted octanol–water partition coefficient (Wildman–Crippen LogP) is 8.22. The maximum absolute atomic E-state index is 12.1. The zero-order valence-corrected chi connectivity index (χ0v) is 22.2. The van der Waals surface area contributed by atoms with Gasteiger partial charge in [0.05, 0.1) is 24.6 Å². The minimum atomic E-state index is -1.08. The summed E-state index contributed by atoms with van der Waals surface area (Å²) >= 11 is 0. The molecule has 0 aromatic heterocycles. The molecule has 0 radical (unpaired) electrons. The molecule has 1 aliphatic carbocycles. The van der Waals surface area contributed by atoms with Gasteiger partial charge in [0.25, 0.3) is 0 Å². The van der Waals surface area contributed by atoms with Gasteiger partial charge in [-0.25, -0.2) is 0 Å². The number of aliphatic imine (C=N–C) groups is 1. The SMILES string of the molecule is CC1CCC1.CCC(=O)CC(C)(CF)CF.CCCC(C)=Nc1ccc(C(C)(C)O)cc1C. The number of ketones is 1. The van der Waals surface area contributed by atoms with Crippen molar-refractivity contribution in [3.8, 4) is 0 Å². The third kappa shape index (κ3) is 13.0. The topological polar surface area (TPSA) is 49.7 Å². The molecule has 0 spiro atoms. The minimum Gasteiger partial charge on any atom is -0.386 e. The highest BCUT2D eigenvalue weighted by Gasteiger charge is 2.26. The summed E-state index contributed by atoms with van der Waals surface area (Å²) in [6.45, 7) is 13.8. The number of benzene rings is 1. The molecule has 1 aromatic carbocycles. The number of hydrogen-bond acceptors (Lipinski definition) is 3. The highest BCUT2D eigenvalue weighted by Crippen LogP contribution is 2.27. The molecule has 0 saturated heterocycles. The molecule has 0 heterocycles. The molecular formula is C28H47F2NO2. The first-order valence-corrected chi connectivity index (χ1v) is 12.3. The second-order valence-corrected chi connectivity index (χ2v) is 10.3. The van der Waals surface area contributed by atoms with Gasteiger partial charge >= 0.3 is 0 Å². The lowest BCUT2D eigenvalue weighted by atomic mass is 9.87. The number of Topliss-reactive ketones (excluding diaryl/α,β-unsaturated/α-hetero) is 1. The van der Waals surface area contributed by atoms with Gasteiger partial charge in [0.1, 0.15) is 5.78 Å². The highest BCUT2D eigenvalue weighted by atomic mass is 19.1. The van der Waals surface area contributed by atoms with Crippen LogP contribution in [0.15, 0.2) is 23.2 Å². The molecule has 1 fully saturated rings. The molecule has 1 aliphatic rings. The molecule has 0 bridgehead atoms. The van der Waals surface area contributed by atoms with Gasteiger partial charge < -0.3 is 5.11 Å². The van der Waals surface area contributed by atoms with Crippen LogP contribution in [0.2, 0.25) is 0 Å². The third-order valence-corrected chi connectivity index (χ3v) is 5.88. The molecule has 3 nitrogen and oxygen atoms in total. The van der Waals surface area contributed by atoms with Gasteiger partial charge in [-0.05, 0) is 57.2 Å². The van der Waals surface area contributed by atoms with Gasteiger partial charge in [-0.1, -0.05) is 65.5 Å². The van der Waals surface area contributed by atoms with E-state index in [1.54, 1.807) is 20.8 Å². The maximum Gasteiger partial charge on any atom is 0.133 e. The molecular weight excluding hydrogens is 420 g/mol. The van der Waals surface area contributed by atoms with Crippen LogP contribution in [0.5, 0.6) is 0 Å². The van der Waals surface area contributed by atoms with E-state index in [4.69, 9.17) is 0 Å². The molecule has 0 unspecified atom stereocenters. The molecule has 1 N–H and O–H groups in total. The molecule has 0 amide bonds. The lowest BCUT2D eigenvalue weighted by Crippen LogP contribution is -2.25. The number of rotatable bonds is 9. The van der Waals surface area contributed by atoms with Crippen molar-refractivity contribution in [2.75, 3.05) is 13.3 Å². The van der Waals surface area contributed by atoms with Gasteiger partial charge in [0.15, 0.2) is 0 Å². The summed E-state index contributed by atoms with van der Waals surface area (Å²) in [6.07, 6.45) is 6.98. The summed E-state index contributed by atoms with van der Waals surface area (Å²) in [5, 5.41) is 9.93. The van der Waals surface area contributed by atoms with E-state index in [1.807, 2.05) is 25.1 Å². The van der Waals surface area contributed by atoms with E-state index < -0.39 is 24.4 Å². The molecule has 33 heavy (non-hydrogen) atoms. The largest absolute Gasteiger partial charge is 0.386 e. The average molecular weight is 468 g/mol. The van der Waals surface area contributed by atoms with Crippen LogP contribution < -0.4 is 0 Å². The number of nitrogens with zero attached hydrogens (tertiary/aromatic N) is 1. The second kappa shape index (κ2) is 15.3. The first-order chi connectivity index (χ1) is 15.3. The van der Waals surface area contributed by atoms with Gasteiger partial charge in [-0.3, -0.25) is 18.6 Å². The number of hydrogen-bond donors (Lipinski definition) is 1. The van der Waals surface area contributed by atoms with E-state index in [9.17, 15) is 18.7 Å². The van der Waals surface area contributed by atoms with Gasteiger partial charge in [0, 0.05) is 24.0 Å². The fourth-order valence-corrected chi connectivity index (χ4v) is 3.13. The smallest absolute Gasteiger partial charge is 0.133 e. The second-order valence-electron chi connectivity index (χ2n) is 10.3. The van der Waals surface area contributed by atoms with E-state index in [2.05, 4.69) is 25.8 Å². The van der Waals surface area contributed by atoms with Crippen molar-refractivity contribution in [2.45, 2.75) is 106 Å². The Balaban J connectivity index is 0.000000543. The lowest BCUT2D eigenvalue weighted by molar-refractivity contribution is -0.121. The predicted molar refractivity (Wildman–Crippen MR) is 137 cm³/mol. The number of aryl methyl sites for hydroxylation is 1. The van der Waals surface area contributed by atoms with Gasteiger partial charge in [-0.2, -0.15) is 0 Å². The first-order valence-electron chi connectivity index (χ1n) is 12.3. The number of carbonyl (C=O) groups excluding carboxylic acids is 1. The Morgan fingerprint density at radius 1 is 1.15 bits per heavy atom. The van der Waals surface area contributed by atoms with Crippen LogP contribution in [-0.4, -0.2) is 30.0 Å². The Hall–Kier alpha value is -1.62. The molecule has 5 heteroatoms. The lowest BCUT2D eigenvalue weighted by Gasteiger charge is -2.20. The molecule has 0 atom stereocenters. The molecule has 190 valence electrons. The quantitative estimate of drug-likeness (QED) is 0.372. The van der Waals surface area contributed by atoms with Gasteiger partial charge in [0.2, 0.25) is 0 Å². The molecule has 0 aliphatic heterocycles. The Kier molecular flexibility index (Phi) is 14.6. The van der Waals surface area contributed by atoms with Crippen LogP contribution >= 0.6 is 0 Å². The van der Waals surface area contributed by atoms with Crippen LogP contribution in [0.1, 0.15) is 105 Å². The summed E-state index contributed by atoms with van der Waals surface area (Å²) in [5.74, 6) is 0.984. The Morgan fingerprint density at radius 2 is 1.70 bits per heavy atom. The summed E-state index contributed by atoms with van der Waals surface area (Å²) < 4.78 is 24.3. The van der Waals surface area contributed by atoms with Crippen molar-refractivity contribution in [1.29, 1.82) is 0 Å². The van der Waals surface area contributed by atoms with E-state index >= 15 is 0 Å². The Morgan fingerprint density at radius 3 is 2.03 bits per heavy atom. The molecule has 1 aromatic rings. The normalized spacial score (nSPS) is 14.5. The van der Waals surface area contributed by atoms with Crippen molar-refractivity contribution >= 4 is 17.2 Å². The highest BCUT2D eigenvalue weighted by molar-refractivity contribution is 5.84.